The Hall–Kier alpha value is -1.35. The van der Waals surface area contributed by atoms with Crippen molar-refractivity contribution in [2.45, 2.75) is 39.8 Å². The van der Waals surface area contributed by atoms with Crippen molar-refractivity contribution in [1.29, 1.82) is 0 Å². The number of halogens is 1. The lowest BCUT2D eigenvalue weighted by Crippen LogP contribution is -2.35. The summed E-state index contributed by atoms with van der Waals surface area (Å²) in [5, 5.41) is 3.32. The quantitative estimate of drug-likeness (QED) is 0.806. The first-order chi connectivity index (χ1) is 8.40. The Labute approximate surface area is 109 Å². The van der Waals surface area contributed by atoms with Crippen molar-refractivity contribution in [1.82, 2.24) is 5.32 Å². The minimum absolute atomic E-state index is 0.0122. The standard InChI is InChI=1S/C15H22FNO/c1-5-6-7-18-14-9-12(8-13(16)10-14)11-17-15(2,3)4/h5-6,8-10,17H,7,11H2,1-4H3/b6-5+. The predicted molar refractivity (Wildman–Crippen MR) is 73.3 cm³/mol. The molecule has 0 saturated carbocycles. The second kappa shape index (κ2) is 6.55. The first-order valence-electron chi connectivity index (χ1n) is 6.19. The molecule has 1 rings (SSSR count). The molecule has 1 aromatic carbocycles. The number of rotatable bonds is 5. The molecule has 0 aromatic heterocycles. The first-order valence-corrected chi connectivity index (χ1v) is 6.19. The summed E-state index contributed by atoms with van der Waals surface area (Å²) in [5.74, 6) is 0.303. The van der Waals surface area contributed by atoms with Gasteiger partial charge in [0.2, 0.25) is 0 Å². The van der Waals surface area contributed by atoms with Gasteiger partial charge in [-0.2, -0.15) is 0 Å². The van der Waals surface area contributed by atoms with Gasteiger partial charge in [0.25, 0.3) is 0 Å². The van der Waals surface area contributed by atoms with Crippen LogP contribution in [0.25, 0.3) is 0 Å². The monoisotopic (exact) mass is 251 g/mol. The Morgan fingerprint density at radius 2 is 2.00 bits per heavy atom. The van der Waals surface area contributed by atoms with Crippen LogP contribution in [0.15, 0.2) is 30.4 Å². The fourth-order valence-electron chi connectivity index (χ4n) is 1.41. The molecule has 18 heavy (non-hydrogen) atoms. The lowest BCUT2D eigenvalue weighted by Gasteiger charge is -2.20. The number of hydrogen-bond donors (Lipinski definition) is 1. The lowest BCUT2D eigenvalue weighted by atomic mass is 10.1. The molecule has 3 heteroatoms. The smallest absolute Gasteiger partial charge is 0.127 e. The molecule has 0 fully saturated rings. The van der Waals surface area contributed by atoms with Crippen molar-refractivity contribution < 1.29 is 9.13 Å². The maximum absolute atomic E-state index is 13.4. The van der Waals surface area contributed by atoms with Crippen LogP contribution in [0, 0.1) is 5.82 Å². The third-order valence-electron chi connectivity index (χ3n) is 2.34. The van der Waals surface area contributed by atoms with E-state index in [2.05, 4.69) is 26.1 Å². The second-order valence-electron chi connectivity index (χ2n) is 5.28. The largest absolute Gasteiger partial charge is 0.489 e. The van der Waals surface area contributed by atoms with Gasteiger partial charge >= 0.3 is 0 Å². The van der Waals surface area contributed by atoms with Crippen LogP contribution in [0.2, 0.25) is 0 Å². The van der Waals surface area contributed by atoms with Gasteiger partial charge in [-0.25, -0.2) is 4.39 Å². The zero-order chi connectivity index (χ0) is 13.6. The lowest BCUT2D eigenvalue weighted by molar-refractivity contribution is 0.359. The number of benzene rings is 1. The molecule has 0 bridgehead atoms. The van der Waals surface area contributed by atoms with Gasteiger partial charge in [0.15, 0.2) is 0 Å². The minimum atomic E-state index is -0.265. The highest BCUT2D eigenvalue weighted by atomic mass is 19.1. The van der Waals surface area contributed by atoms with Gasteiger partial charge < -0.3 is 10.1 Å². The SMILES string of the molecule is C/C=C/COc1cc(F)cc(CNC(C)(C)C)c1. The Bertz CT molecular complexity index is 407. The maximum atomic E-state index is 13.4. The summed E-state index contributed by atoms with van der Waals surface area (Å²) in [7, 11) is 0. The number of hydrogen-bond acceptors (Lipinski definition) is 2. The van der Waals surface area contributed by atoms with Gasteiger partial charge in [-0.1, -0.05) is 12.2 Å². The molecule has 0 saturated heterocycles. The fraction of sp³-hybridized carbons (Fsp3) is 0.467. The Kier molecular flexibility index (Phi) is 5.35. The van der Waals surface area contributed by atoms with Crippen LogP contribution in [0.1, 0.15) is 33.3 Å². The molecule has 0 aliphatic rings. The van der Waals surface area contributed by atoms with E-state index >= 15 is 0 Å². The first kappa shape index (κ1) is 14.7. The molecule has 100 valence electrons. The summed E-state index contributed by atoms with van der Waals surface area (Å²) in [6.45, 7) is 9.25. The molecule has 2 nitrogen and oxygen atoms in total. The highest BCUT2D eigenvalue weighted by Gasteiger charge is 2.09. The molecular weight excluding hydrogens is 229 g/mol. The van der Waals surface area contributed by atoms with E-state index in [1.54, 1.807) is 0 Å². The van der Waals surface area contributed by atoms with Crippen molar-refractivity contribution in [2.75, 3.05) is 6.61 Å². The van der Waals surface area contributed by atoms with Gasteiger partial charge in [-0.3, -0.25) is 0 Å². The topological polar surface area (TPSA) is 21.3 Å². The van der Waals surface area contributed by atoms with Gasteiger partial charge in [0.05, 0.1) is 0 Å². The number of nitrogens with one attached hydrogen (secondary N) is 1. The van der Waals surface area contributed by atoms with Crippen molar-refractivity contribution in [3.63, 3.8) is 0 Å². The Balaban J connectivity index is 2.68. The summed E-state index contributed by atoms with van der Waals surface area (Å²) in [4.78, 5) is 0. The van der Waals surface area contributed by atoms with E-state index in [0.717, 1.165) is 5.56 Å². The van der Waals surface area contributed by atoms with Crippen LogP contribution in [0.5, 0.6) is 5.75 Å². The van der Waals surface area contributed by atoms with Crippen LogP contribution < -0.4 is 10.1 Å². The third-order valence-corrected chi connectivity index (χ3v) is 2.34. The Morgan fingerprint density at radius 3 is 2.61 bits per heavy atom. The Morgan fingerprint density at radius 1 is 1.28 bits per heavy atom. The van der Waals surface area contributed by atoms with E-state index in [-0.39, 0.29) is 11.4 Å². The molecular formula is C15H22FNO. The molecule has 0 heterocycles. The summed E-state index contributed by atoms with van der Waals surface area (Å²) >= 11 is 0. The van der Waals surface area contributed by atoms with Crippen LogP contribution in [-0.4, -0.2) is 12.1 Å². The maximum Gasteiger partial charge on any atom is 0.127 e. The average Bonchev–Trinajstić information content (AvgIpc) is 2.25. The van der Waals surface area contributed by atoms with Gasteiger partial charge in [0, 0.05) is 18.2 Å². The normalized spacial score (nSPS) is 12.1. The predicted octanol–water partition coefficient (Wildman–Crippen LogP) is 3.67. The molecule has 0 aliphatic carbocycles. The second-order valence-corrected chi connectivity index (χ2v) is 5.28. The fourth-order valence-corrected chi connectivity index (χ4v) is 1.41. The molecule has 0 unspecified atom stereocenters. The summed E-state index contributed by atoms with van der Waals surface area (Å²) in [6, 6.07) is 4.80. The molecule has 0 aliphatic heterocycles. The molecule has 1 N–H and O–H groups in total. The van der Waals surface area contributed by atoms with Crippen molar-refractivity contribution in [3.05, 3.63) is 41.7 Å². The third kappa shape index (κ3) is 5.82. The average molecular weight is 251 g/mol. The van der Waals surface area contributed by atoms with Crippen molar-refractivity contribution >= 4 is 0 Å². The van der Waals surface area contributed by atoms with E-state index in [9.17, 15) is 4.39 Å². The van der Waals surface area contributed by atoms with E-state index in [1.807, 2.05) is 25.1 Å². The molecule has 0 radical (unpaired) electrons. The zero-order valence-electron chi connectivity index (χ0n) is 11.6. The van der Waals surface area contributed by atoms with Crippen LogP contribution in [0.4, 0.5) is 4.39 Å². The van der Waals surface area contributed by atoms with Crippen LogP contribution >= 0.6 is 0 Å². The van der Waals surface area contributed by atoms with Gasteiger partial charge in [0.1, 0.15) is 18.2 Å². The van der Waals surface area contributed by atoms with Gasteiger partial charge in [-0.15, -0.1) is 0 Å². The van der Waals surface area contributed by atoms with E-state index in [1.165, 1.54) is 12.1 Å². The zero-order valence-corrected chi connectivity index (χ0v) is 11.6. The van der Waals surface area contributed by atoms with Crippen molar-refractivity contribution in [3.8, 4) is 5.75 Å². The van der Waals surface area contributed by atoms with E-state index < -0.39 is 0 Å². The molecule has 0 amide bonds. The van der Waals surface area contributed by atoms with E-state index in [4.69, 9.17) is 4.74 Å². The number of ether oxygens (including phenoxy) is 1. The molecule has 0 spiro atoms. The minimum Gasteiger partial charge on any atom is -0.489 e. The molecule has 0 atom stereocenters. The molecule has 1 aromatic rings. The van der Waals surface area contributed by atoms with Crippen LogP contribution in [-0.2, 0) is 6.54 Å². The van der Waals surface area contributed by atoms with E-state index in [0.29, 0.717) is 18.9 Å². The van der Waals surface area contributed by atoms with Crippen LogP contribution in [0.3, 0.4) is 0 Å². The highest BCUT2D eigenvalue weighted by Crippen LogP contribution is 2.17. The highest BCUT2D eigenvalue weighted by molar-refractivity contribution is 5.29. The van der Waals surface area contributed by atoms with Gasteiger partial charge in [-0.05, 0) is 45.4 Å². The number of allylic oxidation sites excluding steroid dienone is 1. The summed E-state index contributed by atoms with van der Waals surface area (Å²) in [5.41, 5.74) is 0.901. The summed E-state index contributed by atoms with van der Waals surface area (Å²) < 4.78 is 18.9. The summed E-state index contributed by atoms with van der Waals surface area (Å²) in [6.07, 6.45) is 3.79. The van der Waals surface area contributed by atoms with Crippen molar-refractivity contribution in [2.24, 2.45) is 0 Å².